The highest BCUT2D eigenvalue weighted by Crippen LogP contribution is 2.40. The van der Waals surface area contributed by atoms with Crippen molar-refractivity contribution >= 4 is 17.4 Å². The van der Waals surface area contributed by atoms with Gasteiger partial charge in [-0.05, 0) is 59.2 Å². The van der Waals surface area contributed by atoms with Crippen LogP contribution in [0.15, 0.2) is 78.4 Å². The number of aliphatic hydroxyl groups excluding tert-OH is 1. The average molecular weight is 512 g/mol. The number of hydrogen-bond donors (Lipinski definition) is 1. The molecule has 1 saturated heterocycles. The van der Waals surface area contributed by atoms with Crippen LogP contribution in [-0.2, 0) is 21.6 Å². The number of amides is 1. The first-order chi connectivity index (χ1) is 18.1. The monoisotopic (exact) mass is 511 g/mol. The van der Waals surface area contributed by atoms with Gasteiger partial charge in [0.25, 0.3) is 11.7 Å². The van der Waals surface area contributed by atoms with Crippen molar-refractivity contribution in [1.29, 1.82) is 0 Å². The van der Waals surface area contributed by atoms with Gasteiger partial charge in [-0.1, -0.05) is 88.7 Å². The van der Waals surface area contributed by atoms with E-state index in [1.165, 1.54) is 0 Å². The number of hydrogen-bond acceptors (Lipinski definition) is 4. The zero-order valence-corrected chi connectivity index (χ0v) is 23.0. The van der Waals surface area contributed by atoms with E-state index in [1.54, 1.807) is 23.1 Å². The SMILES string of the molecule is CCCCN1C(=O)C(=O)/C(=C(\O)c2ccc(OCc3ccccc3)c(C)c2)C1c1ccc(C(C)(C)C)cc1. The Labute approximate surface area is 225 Å². The first-order valence-electron chi connectivity index (χ1n) is 13.3. The number of aryl methyl sites for hydroxylation is 1. The van der Waals surface area contributed by atoms with Crippen molar-refractivity contribution in [1.82, 2.24) is 4.90 Å². The molecule has 1 N–H and O–H groups in total. The van der Waals surface area contributed by atoms with E-state index < -0.39 is 17.7 Å². The fourth-order valence-electron chi connectivity index (χ4n) is 4.80. The van der Waals surface area contributed by atoms with E-state index in [-0.39, 0.29) is 16.7 Å². The number of likely N-dealkylation sites (tertiary alicyclic amines) is 1. The van der Waals surface area contributed by atoms with Gasteiger partial charge in [-0.15, -0.1) is 0 Å². The molecule has 0 saturated carbocycles. The first-order valence-corrected chi connectivity index (χ1v) is 13.3. The van der Waals surface area contributed by atoms with Gasteiger partial charge >= 0.3 is 0 Å². The van der Waals surface area contributed by atoms with E-state index in [4.69, 9.17) is 4.74 Å². The van der Waals surface area contributed by atoms with Crippen molar-refractivity contribution in [3.8, 4) is 5.75 Å². The lowest BCUT2D eigenvalue weighted by Gasteiger charge is -2.26. The third kappa shape index (κ3) is 5.67. The fraction of sp³-hybridized carbons (Fsp3) is 0.333. The summed E-state index contributed by atoms with van der Waals surface area (Å²) in [6.07, 6.45) is 1.67. The van der Waals surface area contributed by atoms with Crippen LogP contribution in [0.5, 0.6) is 5.75 Å². The average Bonchev–Trinajstić information content (AvgIpc) is 3.15. The lowest BCUT2D eigenvalue weighted by atomic mass is 9.85. The van der Waals surface area contributed by atoms with Crippen LogP contribution in [0.3, 0.4) is 0 Å². The van der Waals surface area contributed by atoms with Gasteiger partial charge in [0, 0.05) is 12.1 Å². The molecule has 38 heavy (non-hydrogen) atoms. The van der Waals surface area contributed by atoms with Crippen molar-refractivity contribution < 1.29 is 19.4 Å². The Morgan fingerprint density at radius 3 is 2.26 bits per heavy atom. The molecule has 0 radical (unpaired) electrons. The zero-order valence-electron chi connectivity index (χ0n) is 23.0. The molecule has 0 spiro atoms. The number of carbonyl (C=O) groups excluding carboxylic acids is 2. The minimum Gasteiger partial charge on any atom is -0.507 e. The van der Waals surface area contributed by atoms with E-state index >= 15 is 0 Å². The van der Waals surface area contributed by atoms with Gasteiger partial charge in [0.05, 0.1) is 11.6 Å². The maximum Gasteiger partial charge on any atom is 0.295 e. The Morgan fingerprint density at radius 2 is 1.66 bits per heavy atom. The molecule has 3 aromatic rings. The lowest BCUT2D eigenvalue weighted by Crippen LogP contribution is -2.30. The van der Waals surface area contributed by atoms with Crippen LogP contribution >= 0.6 is 0 Å². The summed E-state index contributed by atoms with van der Waals surface area (Å²) < 4.78 is 5.98. The number of ether oxygens (including phenoxy) is 1. The molecule has 1 fully saturated rings. The highest BCUT2D eigenvalue weighted by atomic mass is 16.5. The Balaban J connectivity index is 1.71. The number of Topliss-reactive ketones (excluding diaryl/α,β-unsaturated/α-hetero) is 1. The first kappa shape index (κ1) is 27.2. The Hall–Kier alpha value is -3.86. The third-order valence-corrected chi connectivity index (χ3v) is 7.07. The van der Waals surface area contributed by atoms with Gasteiger partial charge in [-0.3, -0.25) is 9.59 Å². The van der Waals surface area contributed by atoms with Crippen molar-refractivity contribution in [2.75, 3.05) is 6.54 Å². The Kier molecular flexibility index (Phi) is 8.05. The second-order valence-corrected chi connectivity index (χ2v) is 11.0. The molecule has 4 rings (SSSR count). The summed E-state index contributed by atoms with van der Waals surface area (Å²) in [5.41, 5.74) is 4.46. The van der Waals surface area contributed by atoms with E-state index in [1.807, 2.05) is 68.4 Å². The van der Waals surface area contributed by atoms with Gasteiger partial charge in [0.2, 0.25) is 0 Å². The summed E-state index contributed by atoms with van der Waals surface area (Å²) >= 11 is 0. The van der Waals surface area contributed by atoms with Crippen LogP contribution in [-0.4, -0.2) is 28.2 Å². The van der Waals surface area contributed by atoms with Crippen LogP contribution in [0.25, 0.3) is 5.76 Å². The molecule has 1 unspecified atom stereocenters. The molecule has 1 heterocycles. The summed E-state index contributed by atoms with van der Waals surface area (Å²) in [5, 5.41) is 11.4. The Morgan fingerprint density at radius 1 is 0.974 bits per heavy atom. The summed E-state index contributed by atoms with van der Waals surface area (Å²) in [5.74, 6) is -0.678. The van der Waals surface area contributed by atoms with Crippen molar-refractivity contribution in [2.24, 2.45) is 0 Å². The molecule has 198 valence electrons. The molecule has 1 amide bonds. The van der Waals surface area contributed by atoms with Crippen LogP contribution in [0.1, 0.15) is 74.4 Å². The van der Waals surface area contributed by atoms with Crippen LogP contribution < -0.4 is 4.74 Å². The second-order valence-electron chi connectivity index (χ2n) is 11.0. The van der Waals surface area contributed by atoms with Crippen molar-refractivity contribution in [3.63, 3.8) is 0 Å². The van der Waals surface area contributed by atoms with Crippen molar-refractivity contribution in [2.45, 2.75) is 65.5 Å². The highest BCUT2D eigenvalue weighted by molar-refractivity contribution is 6.46. The topological polar surface area (TPSA) is 66.8 Å². The minimum atomic E-state index is -0.648. The van der Waals surface area contributed by atoms with E-state index in [9.17, 15) is 14.7 Å². The van der Waals surface area contributed by atoms with Gasteiger partial charge < -0.3 is 14.7 Å². The van der Waals surface area contributed by atoms with Gasteiger partial charge in [0.1, 0.15) is 18.1 Å². The van der Waals surface area contributed by atoms with Gasteiger partial charge in [0.15, 0.2) is 0 Å². The molecular weight excluding hydrogens is 474 g/mol. The number of aliphatic hydroxyl groups is 1. The van der Waals surface area contributed by atoms with E-state index in [0.29, 0.717) is 24.5 Å². The van der Waals surface area contributed by atoms with Gasteiger partial charge in [-0.2, -0.15) is 0 Å². The predicted octanol–water partition coefficient (Wildman–Crippen LogP) is 7.09. The quantitative estimate of drug-likeness (QED) is 0.199. The molecule has 5 nitrogen and oxygen atoms in total. The molecule has 0 bridgehead atoms. The summed E-state index contributed by atoms with van der Waals surface area (Å²) in [6, 6.07) is 22.6. The molecule has 1 aliphatic heterocycles. The van der Waals surface area contributed by atoms with E-state index in [2.05, 4.69) is 20.8 Å². The number of unbranched alkanes of at least 4 members (excludes halogenated alkanes) is 1. The maximum atomic E-state index is 13.3. The lowest BCUT2D eigenvalue weighted by molar-refractivity contribution is -0.139. The van der Waals surface area contributed by atoms with Gasteiger partial charge in [-0.25, -0.2) is 0 Å². The van der Waals surface area contributed by atoms with E-state index in [0.717, 1.165) is 35.1 Å². The molecular formula is C33H37NO4. The van der Waals surface area contributed by atoms with Crippen LogP contribution in [0.2, 0.25) is 0 Å². The van der Waals surface area contributed by atoms with Crippen LogP contribution in [0.4, 0.5) is 0 Å². The molecule has 3 aromatic carbocycles. The highest BCUT2D eigenvalue weighted by Gasteiger charge is 2.45. The summed E-state index contributed by atoms with van der Waals surface area (Å²) in [7, 11) is 0. The molecule has 5 heteroatoms. The molecule has 1 aliphatic rings. The molecule has 0 aliphatic carbocycles. The smallest absolute Gasteiger partial charge is 0.295 e. The van der Waals surface area contributed by atoms with Crippen LogP contribution in [0, 0.1) is 6.92 Å². The second kappa shape index (κ2) is 11.3. The normalized spacial score (nSPS) is 17.2. The largest absolute Gasteiger partial charge is 0.507 e. The predicted molar refractivity (Wildman–Crippen MR) is 151 cm³/mol. The molecule has 1 atom stereocenters. The fourth-order valence-corrected chi connectivity index (χ4v) is 4.80. The summed E-state index contributed by atoms with van der Waals surface area (Å²) in [6.45, 7) is 11.3. The Bertz CT molecular complexity index is 1330. The standard InChI is InChI=1S/C33H37NO4/c1-6-7-19-34-29(24-13-16-26(17-14-24)33(3,4)5)28(31(36)32(34)37)30(35)25-15-18-27(22(2)20-25)38-21-23-11-9-8-10-12-23/h8-18,20,29,35H,6-7,19,21H2,1-5H3/b30-28-. The minimum absolute atomic E-state index is 0.0234. The maximum absolute atomic E-state index is 13.3. The number of rotatable bonds is 8. The number of benzene rings is 3. The number of carbonyl (C=O) groups is 2. The van der Waals surface area contributed by atoms with Crippen molar-refractivity contribution in [3.05, 3.63) is 106 Å². The number of ketones is 1. The summed E-state index contributed by atoms with van der Waals surface area (Å²) in [4.78, 5) is 28.0. The third-order valence-electron chi connectivity index (χ3n) is 7.07. The number of nitrogens with zero attached hydrogens (tertiary/aromatic N) is 1. The molecule has 0 aromatic heterocycles. The zero-order chi connectivity index (χ0) is 27.4.